The minimum atomic E-state index is 0.121. The molecule has 4 aliphatic rings. The molecular formula is C17H19NO. The summed E-state index contributed by atoms with van der Waals surface area (Å²) in [6.45, 7) is 0. The van der Waals surface area contributed by atoms with Gasteiger partial charge in [0.25, 0.3) is 0 Å². The zero-order valence-corrected chi connectivity index (χ0v) is 11.1. The third kappa shape index (κ3) is 1.61. The molecule has 0 saturated heterocycles. The lowest BCUT2D eigenvalue weighted by Crippen LogP contribution is -2.48. The van der Waals surface area contributed by atoms with Crippen molar-refractivity contribution in [1.29, 1.82) is 5.26 Å². The Bertz CT molecular complexity index is 534. The molecule has 0 spiro atoms. The normalized spacial score (nSPS) is 39.2. The average molecular weight is 253 g/mol. The molecule has 4 fully saturated rings. The van der Waals surface area contributed by atoms with E-state index < -0.39 is 0 Å². The van der Waals surface area contributed by atoms with Crippen LogP contribution in [0.25, 0.3) is 0 Å². The molecule has 1 N–H and O–H groups in total. The largest absolute Gasteiger partial charge is 0.507 e. The highest BCUT2D eigenvalue weighted by Crippen LogP contribution is 2.60. The van der Waals surface area contributed by atoms with Gasteiger partial charge in [-0.3, -0.25) is 0 Å². The first-order valence-corrected chi connectivity index (χ1v) is 7.42. The second-order valence-electron chi connectivity index (χ2n) is 7.04. The maximum Gasteiger partial charge on any atom is 0.133 e. The molecule has 5 rings (SSSR count). The van der Waals surface area contributed by atoms with Gasteiger partial charge in [0.15, 0.2) is 0 Å². The highest BCUT2D eigenvalue weighted by atomic mass is 16.3. The zero-order valence-electron chi connectivity index (χ0n) is 11.1. The van der Waals surface area contributed by atoms with E-state index in [4.69, 9.17) is 5.26 Å². The number of hydrogen-bond donors (Lipinski definition) is 1. The molecule has 4 saturated carbocycles. The summed E-state index contributed by atoms with van der Waals surface area (Å²) in [6, 6.07) is 7.84. The smallest absolute Gasteiger partial charge is 0.133 e. The Morgan fingerprint density at radius 1 is 1.05 bits per heavy atom. The van der Waals surface area contributed by atoms with E-state index in [1.807, 2.05) is 6.07 Å². The number of hydrogen-bond acceptors (Lipinski definition) is 2. The van der Waals surface area contributed by atoms with Gasteiger partial charge in [-0.2, -0.15) is 5.26 Å². The third-order valence-corrected chi connectivity index (χ3v) is 5.77. The summed E-state index contributed by atoms with van der Waals surface area (Å²) < 4.78 is 0. The van der Waals surface area contributed by atoms with Crippen molar-refractivity contribution in [3.05, 3.63) is 29.3 Å². The Hall–Kier alpha value is -1.49. The van der Waals surface area contributed by atoms with E-state index in [0.29, 0.717) is 11.0 Å². The lowest BCUT2D eigenvalue weighted by molar-refractivity contribution is -0.00521. The minimum Gasteiger partial charge on any atom is -0.507 e. The van der Waals surface area contributed by atoms with Crippen LogP contribution < -0.4 is 0 Å². The van der Waals surface area contributed by atoms with Crippen molar-refractivity contribution < 1.29 is 5.11 Å². The maximum absolute atomic E-state index is 9.69. The van der Waals surface area contributed by atoms with E-state index in [9.17, 15) is 5.11 Å². The Balaban J connectivity index is 1.78. The Morgan fingerprint density at radius 3 is 2.16 bits per heavy atom. The van der Waals surface area contributed by atoms with Gasteiger partial charge in [0, 0.05) is 0 Å². The number of aromatic hydroxyl groups is 1. The van der Waals surface area contributed by atoms with Gasteiger partial charge in [0.2, 0.25) is 0 Å². The third-order valence-electron chi connectivity index (χ3n) is 5.77. The topological polar surface area (TPSA) is 44.0 Å². The molecule has 1 aromatic carbocycles. The zero-order chi connectivity index (χ0) is 13.0. The molecule has 0 amide bonds. The van der Waals surface area contributed by atoms with E-state index in [1.165, 1.54) is 44.1 Å². The standard InChI is InChI=1S/C17H19NO/c18-10-14-6-15(1-2-16(14)19)17-7-11-3-12(8-17)5-13(4-11)9-17/h1-2,6,11-13,19H,3-5,7-9H2. The predicted molar refractivity (Wildman–Crippen MR) is 72.7 cm³/mol. The second kappa shape index (κ2) is 3.76. The molecule has 4 aliphatic carbocycles. The molecule has 1 aromatic rings. The number of nitriles is 1. The summed E-state index contributed by atoms with van der Waals surface area (Å²) in [5.41, 5.74) is 2.06. The molecule has 0 unspecified atom stereocenters. The van der Waals surface area contributed by atoms with Crippen LogP contribution in [0.4, 0.5) is 0 Å². The molecule has 0 aromatic heterocycles. The van der Waals surface area contributed by atoms with Crippen LogP contribution in [-0.4, -0.2) is 5.11 Å². The highest BCUT2D eigenvalue weighted by Gasteiger charge is 2.51. The number of benzene rings is 1. The Labute approximate surface area is 114 Å². The molecule has 2 heteroatoms. The van der Waals surface area contributed by atoms with Crippen molar-refractivity contribution in [2.75, 3.05) is 0 Å². The molecule has 0 radical (unpaired) electrons. The van der Waals surface area contributed by atoms with Crippen molar-refractivity contribution in [1.82, 2.24) is 0 Å². The van der Waals surface area contributed by atoms with Gasteiger partial charge >= 0.3 is 0 Å². The van der Waals surface area contributed by atoms with Crippen LogP contribution in [0.5, 0.6) is 5.75 Å². The van der Waals surface area contributed by atoms with Gasteiger partial charge in [-0.1, -0.05) is 6.07 Å². The van der Waals surface area contributed by atoms with E-state index in [2.05, 4.69) is 12.1 Å². The van der Waals surface area contributed by atoms with Crippen molar-refractivity contribution >= 4 is 0 Å². The van der Waals surface area contributed by atoms with Gasteiger partial charge in [-0.25, -0.2) is 0 Å². The van der Waals surface area contributed by atoms with Gasteiger partial charge in [0.05, 0.1) is 5.56 Å². The number of rotatable bonds is 1. The maximum atomic E-state index is 9.69. The van der Waals surface area contributed by atoms with Crippen molar-refractivity contribution in [3.8, 4) is 11.8 Å². The first-order valence-electron chi connectivity index (χ1n) is 7.42. The number of phenolic OH excluding ortho intramolecular Hbond substituents is 1. The first-order chi connectivity index (χ1) is 9.18. The molecule has 4 bridgehead atoms. The van der Waals surface area contributed by atoms with Crippen molar-refractivity contribution in [3.63, 3.8) is 0 Å². The number of phenols is 1. The predicted octanol–water partition coefficient (Wildman–Crippen LogP) is 3.73. The average Bonchev–Trinajstić information content (AvgIpc) is 2.37. The van der Waals surface area contributed by atoms with Gasteiger partial charge in [-0.05, 0) is 79.4 Å². The minimum absolute atomic E-state index is 0.121. The second-order valence-corrected chi connectivity index (χ2v) is 7.04. The molecule has 98 valence electrons. The first kappa shape index (κ1) is 11.3. The molecular weight excluding hydrogens is 234 g/mol. The number of nitrogens with zero attached hydrogens (tertiary/aromatic N) is 1. The SMILES string of the molecule is N#Cc1cc(C23CC4CC(CC(C4)C2)C3)ccc1O. The molecule has 0 atom stereocenters. The Morgan fingerprint density at radius 2 is 1.63 bits per heavy atom. The van der Waals surface area contributed by atoms with E-state index >= 15 is 0 Å². The summed E-state index contributed by atoms with van der Waals surface area (Å²) in [4.78, 5) is 0. The fraction of sp³-hybridized carbons (Fsp3) is 0.588. The summed E-state index contributed by atoms with van der Waals surface area (Å²) >= 11 is 0. The van der Waals surface area contributed by atoms with E-state index in [1.54, 1.807) is 6.07 Å². The van der Waals surface area contributed by atoms with Crippen LogP contribution in [0.1, 0.15) is 49.7 Å². The van der Waals surface area contributed by atoms with Crippen LogP contribution in [-0.2, 0) is 5.41 Å². The van der Waals surface area contributed by atoms with E-state index in [0.717, 1.165) is 17.8 Å². The summed E-state index contributed by atoms with van der Waals surface area (Å²) in [5, 5.41) is 18.8. The lowest BCUT2D eigenvalue weighted by Gasteiger charge is -2.57. The molecule has 0 heterocycles. The fourth-order valence-electron chi connectivity index (χ4n) is 5.42. The van der Waals surface area contributed by atoms with Crippen molar-refractivity contribution in [2.24, 2.45) is 17.8 Å². The molecule has 2 nitrogen and oxygen atoms in total. The summed E-state index contributed by atoms with van der Waals surface area (Å²) in [5.74, 6) is 2.85. The van der Waals surface area contributed by atoms with Crippen LogP contribution in [0, 0.1) is 29.1 Å². The summed E-state index contributed by atoms with van der Waals surface area (Å²) in [7, 11) is 0. The van der Waals surface area contributed by atoms with Crippen LogP contribution in [0.15, 0.2) is 18.2 Å². The Kier molecular flexibility index (Phi) is 2.24. The highest BCUT2D eigenvalue weighted by molar-refractivity contribution is 5.47. The lowest BCUT2D eigenvalue weighted by atomic mass is 9.48. The molecule has 19 heavy (non-hydrogen) atoms. The van der Waals surface area contributed by atoms with Crippen LogP contribution in [0.2, 0.25) is 0 Å². The van der Waals surface area contributed by atoms with Crippen LogP contribution in [0.3, 0.4) is 0 Å². The van der Waals surface area contributed by atoms with Crippen molar-refractivity contribution in [2.45, 2.75) is 43.9 Å². The fourth-order valence-corrected chi connectivity index (χ4v) is 5.42. The van der Waals surface area contributed by atoms with Crippen LogP contribution >= 0.6 is 0 Å². The van der Waals surface area contributed by atoms with Gasteiger partial charge in [0.1, 0.15) is 11.8 Å². The van der Waals surface area contributed by atoms with Gasteiger partial charge < -0.3 is 5.11 Å². The van der Waals surface area contributed by atoms with E-state index in [-0.39, 0.29) is 5.75 Å². The van der Waals surface area contributed by atoms with Gasteiger partial charge in [-0.15, -0.1) is 0 Å². The monoisotopic (exact) mass is 253 g/mol. The quantitative estimate of drug-likeness (QED) is 0.828. The summed E-state index contributed by atoms with van der Waals surface area (Å²) in [6.07, 6.45) is 8.20. The molecule has 0 aliphatic heterocycles.